The molecule has 3 aliphatic carbocycles. The first-order valence-electron chi connectivity index (χ1n) is 17.8. The van der Waals surface area contributed by atoms with Crippen LogP contribution in [0.15, 0.2) is 89.1 Å². The van der Waals surface area contributed by atoms with Gasteiger partial charge in [-0.1, -0.05) is 72.6 Å². The zero-order valence-electron chi connectivity index (χ0n) is 34.1. The van der Waals surface area contributed by atoms with Gasteiger partial charge in [0.05, 0.1) is 0 Å². The molecule has 5 heteroatoms. The molecule has 0 bridgehead atoms. The molecule has 2 amide bonds. The van der Waals surface area contributed by atoms with E-state index in [4.69, 9.17) is 5.73 Å². The van der Waals surface area contributed by atoms with Gasteiger partial charge in [-0.15, -0.1) is 23.8 Å². The Kier molecular flexibility index (Phi) is 19.4. The molecule has 49 heavy (non-hydrogen) atoms. The van der Waals surface area contributed by atoms with E-state index in [2.05, 4.69) is 159 Å². The first-order chi connectivity index (χ1) is 21.9. The Hall–Kier alpha value is -0.976. The topological polar surface area (TPSA) is 55.1 Å². The van der Waals surface area contributed by atoms with Crippen molar-refractivity contribution in [1.29, 1.82) is 0 Å². The van der Waals surface area contributed by atoms with Gasteiger partial charge in [0.15, 0.2) is 0 Å². The maximum atomic E-state index is 11.4. The maximum Gasteiger partial charge on any atom is 0 e. The van der Waals surface area contributed by atoms with Crippen LogP contribution in [0.25, 0.3) is 0 Å². The fraction of sp³-hybridized carbons (Fsp3) is 0.591. The summed E-state index contributed by atoms with van der Waals surface area (Å²) in [6.45, 7) is 33.1. The smallest absolute Gasteiger partial charge is 0 e. The van der Waals surface area contributed by atoms with Crippen molar-refractivity contribution in [1.82, 2.24) is 5.32 Å². The van der Waals surface area contributed by atoms with Crippen LogP contribution >= 0.6 is 0 Å². The van der Waals surface area contributed by atoms with E-state index < -0.39 is 6.03 Å². The molecule has 3 aliphatic rings. The number of primary amides is 1. The van der Waals surface area contributed by atoms with Crippen molar-refractivity contribution in [2.45, 2.75) is 138 Å². The number of halogens is 1. The first-order valence-corrected chi connectivity index (χ1v) is 21.0. The van der Waals surface area contributed by atoms with Gasteiger partial charge in [0.2, 0.25) is 0 Å². The van der Waals surface area contributed by atoms with Gasteiger partial charge in [-0.2, -0.15) is 17.7 Å². The minimum absolute atomic E-state index is 0. The molecule has 1 radical (unpaired) electrons. The molecule has 275 valence electrons. The number of carbonyl (C=O) groups excluding carboxylic acids is 1. The van der Waals surface area contributed by atoms with Crippen LogP contribution in [0.2, 0.25) is 0 Å². The van der Waals surface area contributed by atoms with Crippen LogP contribution in [0.5, 0.6) is 0 Å². The molecule has 0 aromatic carbocycles. The van der Waals surface area contributed by atoms with Gasteiger partial charge in [-0.05, 0) is 10.8 Å². The van der Waals surface area contributed by atoms with E-state index in [1.54, 1.807) is 0 Å². The number of hydrogen-bond donors (Lipinski definition) is 2. The van der Waals surface area contributed by atoms with Crippen LogP contribution in [0, 0.1) is 33.7 Å². The summed E-state index contributed by atoms with van der Waals surface area (Å²) in [6, 6.07) is -0.465. The number of nitrogens with one attached hydrogen (secondary N) is 1. The van der Waals surface area contributed by atoms with Crippen molar-refractivity contribution in [2.24, 2.45) is 27.4 Å². The number of amides is 2. The Morgan fingerprint density at radius 1 is 0.918 bits per heavy atom. The minimum Gasteiger partial charge on any atom is 0 e. The molecule has 0 saturated heterocycles. The molecule has 1 atom stereocenters. The monoisotopic (exact) mass is 858 g/mol. The molecule has 0 spiro atoms. The molecular weight excluding hydrogens is 788 g/mol. The molecule has 1 unspecified atom stereocenters. The second kappa shape index (κ2) is 19.7. The summed E-state index contributed by atoms with van der Waals surface area (Å²) < 4.78 is 0.116. The van der Waals surface area contributed by atoms with Gasteiger partial charge in [-0.25, -0.2) is 0 Å². The molecule has 3 N–H and O–H groups in total. The Bertz CT molecular complexity index is 1340. The van der Waals surface area contributed by atoms with Crippen molar-refractivity contribution in [3.8, 4) is 0 Å². The molecule has 0 aromatic heterocycles. The predicted molar refractivity (Wildman–Crippen MR) is 208 cm³/mol. The minimum atomic E-state index is -0.465. The molecule has 0 fully saturated rings. The molecule has 0 aromatic rings. The Balaban J connectivity index is 0.000000944. The van der Waals surface area contributed by atoms with Crippen LogP contribution in [0.1, 0.15) is 130 Å². The zero-order valence-corrected chi connectivity index (χ0v) is 39.1. The summed E-state index contributed by atoms with van der Waals surface area (Å²) in [5.41, 5.74) is 10.9. The van der Waals surface area contributed by atoms with E-state index in [1.807, 2.05) is 27.7 Å². The number of nitrogens with two attached hydrogens (primary N) is 1. The van der Waals surface area contributed by atoms with Gasteiger partial charge >= 0.3 is 184 Å². The quantitative estimate of drug-likeness (QED) is 0.136. The normalized spacial score (nSPS) is 21.6. The van der Waals surface area contributed by atoms with Crippen molar-refractivity contribution in [2.75, 3.05) is 4.93 Å². The van der Waals surface area contributed by atoms with E-state index in [1.165, 1.54) is 34.6 Å². The number of allylic oxidation sites excluding steroid dienone is 16. The number of carbonyl (C=O) groups is 1. The second-order valence-corrected chi connectivity index (χ2v) is 20.6. The number of urea groups is 1. The van der Waals surface area contributed by atoms with E-state index >= 15 is 0 Å². The van der Waals surface area contributed by atoms with Crippen molar-refractivity contribution >= 4 is 6.03 Å². The third-order valence-corrected chi connectivity index (χ3v) is 12.0. The number of hydrogen-bond acceptors (Lipinski definition) is 1. The summed E-state index contributed by atoms with van der Waals surface area (Å²) in [4.78, 5) is 13.8. The van der Waals surface area contributed by atoms with Gasteiger partial charge in [0.1, 0.15) is 0 Å². The molecule has 0 heterocycles. The van der Waals surface area contributed by atoms with Crippen LogP contribution in [-0.2, 0) is 32.7 Å². The van der Waals surface area contributed by atoms with Crippen molar-refractivity contribution in [3.05, 3.63) is 101 Å². The third kappa shape index (κ3) is 16.9. The van der Waals surface area contributed by atoms with Gasteiger partial charge in [-0.3, -0.25) is 0 Å². The van der Waals surface area contributed by atoms with Gasteiger partial charge in [0, 0.05) is 32.7 Å². The van der Waals surface area contributed by atoms with Crippen LogP contribution in [0.4, 0.5) is 4.79 Å². The van der Waals surface area contributed by atoms with Gasteiger partial charge in [0.25, 0.3) is 0 Å². The maximum absolute atomic E-state index is 11.4. The average Bonchev–Trinajstić information content (AvgIpc) is 3.32. The van der Waals surface area contributed by atoms with E-state index in [0.717, 1.165) is 19.3 Å². The Morgan fingerprint density at radius 2 is 1.45 bits per heavy atom. The molecule has 0 aliphatic heterocycles. The zero-order chi connectivity index (χ0) is 37.2. The fourth-order valence-corrected chi connectivity index (χ4v) is 7.97. The molecule has 3 nitrogen and oxygen atoms in total. The van der Waals surface area contributed by atoms with Crippen LogP contribution in [-0.4, -0.2) is 19.9 Å². The largest absolute Gasteiger partial charge is 0 e. The molecule has 0 saturated carbocycles. The predicted octanol–water partition coefficient (Wildman–Crippen LogP) is 8.97. The molecular formula is C44H70IN2OY-3. The van der Waals surface area contributed by atoms with Crippen LogP contribution < -0.4 is 32.3 Å². The standard InChI is InChI=1S/C24H41IN2O.C18H23.C2H6.Y/c1-17(2)13-21(3,4)18-11-12-19(15-24(9,14-18)25-10)22(5,6)16-23(7,8)27-20(26)28;1-17(2)11-5-7-15(9-13-17)16-8-6-12-18(3,4)14-10-16;1-2;/h11-12,14-15H,13,16H2,1-10H3,(H3,26,27,28);5-8,11-12,14H,9,13H2,1-4H3;1-2H3;/q-2;-1;;. The third-order valence-electron chi connectivity index (χ3n) is 9.05. The summed E-state index contributed by atoms with van der Waals surface area (Å²) >= 11 is -0.0248. The number of alkyl halides is 2. The Labute approximate surface area is 339 Å². The summed E-state index contributed by atoms with van der Waals surface area (Å²) in [5.74, 6) is 1.46. The molecule has 3 rings (SSSR count). The number of rotatable bonds is 9. The SMILES string of the molecule is CC.CC1(C)C=[C-]C(C2=CC=CC(C)(C)CC2)=CC=C1.C[I-]C1(C)C=C(C(C)(C)C[C-](C)C)C=CC(C(C)(C)CC(C)(C)NC(N)=O)=C1.[Y]. The summed E-state index contributed by atoms with van der Waals surface area (Å²) in [7, 11) is 0. The summed E-state index contributed by atoms with van der Waals surface area (Å²) in [5, 5.41) is 2.90. The van der Waals surface area contributed by atoms with Crippen molar-refractivity contribution in [3.63, 3.8) is 0 Å². The average molecular weight is 859 g/mol. The van der Waals surface area contributed by atoms with E-state index in [-0.39, 0.29) is 79.1 Å². The Morgan fingerprint density at radius 3 is 1.96 bits per heavy atom. The van der Waals surface area contributed by atoms with Gasteiger partial charge < -0.3 is 0 Å². The van der Waals surface area contributed by atoms with E-state index in [9.17, 15) is 4.79 Å². The van der Waals surface area contributed by atoms with Crippen LogP contribution in [0.3, 0.4) is 0 Å². The van der Waals surface area contributed by atoms with E-state index in [0.29, 0.717) is 5.41 Å². The van der Waals surface area contributed by atoms with Crippen molar-refractivity contribution < 1.29 is 58.7 Å². The first kappa shape index (κ1) is 48.0. The summed E-state index contributed by atoms with van der Waals surface area (Å²) in [6.07, 6.45) is 32.8. The fourth-order valence-electron chi connectivity index (χ4n) is 6.67. The second-order valence-electron chi connectivity index (χ2n) is 17.2.